The number of hydrogen-bond acceptors (Lipinski definition) is 8. The first-order chi connectivity index (χ1) is 19.6. The van der Waals surface area contributed by atoms with Crippen molar-refractivity contribution in [1.82, 2.24) is 14.8 Å². The van der Waals surface area contributed by atoms with Gasteiger partial charge < -0.3 is 23.6 Å². The number of ether oxygens (including phenoxy) is 2. The zero-order valence-corrected chi connectivity index (χ0v) is 22.6. The van der Waals surface area contributed by atoms with Gasteiger partial charge in [0.2, 0.25) is 5.89 Å². The van der Waals surface area contributed by atoms with Crippen LogP contribution in [0.4, 0.5) is 8.78 Å². The molecule has 1 N–H and O–H groups in total. The molecule has 0 aliphatic carbocycles. The first-order valence-corrected chi connectivity index (χ1v) is 12.6. The smallest absolute Gasteiger partial charge is 0.335 e. The van der Waals surface area contributed by atoms with Crippen LogP contribution < -0.4 is 10.3 Å². The van der Waals surface area contributed by atoms with Crippen molar-refractivity contribution < 1.29 is 37.4 Å². The number of alkyl halides is 2. The number of carbonyl (C=O) groups is 2. The first-order valence-electron chi connectivity index (χ1n) is 12.2. The Bertz CT molecular complexity index is 1620. The Balaban J connectivity index is 1.75. The van der Waals surface area contributed by atoms with E-state index in [0.717, 1.165) is 0 Å². The molecule has 4 rings (SSSR count). The number of Topliss-reactive ketones (excluding diaryl/α,β-unsaturated/α-hetero) is 1. The Kier molecular flexibility index (Phi) is 9.25. The van der Waals surface area contributed by atoms with E-state index in [1.807, 2.05) is 0 Å². The van der Waals surface area contributed by atoms with Gasteiger partial charge in [-0.15, -0.1) is 10.2 Å². The molecule has 1 unspecified atom stereocenters. The number of carboxylic acids is 1. The van der Waals surface area contributed by atoms with Crippen molar-refractivity contribution in [1.29, 1.82) is 0 Å². The minimum atomic E-state index is -2.97. The number of hydrogen-bond donors (Lipinski definition) is 1. The summed E-state index contributed by atoms with van der Waals surface area (Å²) in [5, 5.41) is 16.5. The van der Waals surface area contributed by atoms with Crippen molar-refractivity contribution in [2.24, 2.45) is 0 Å². The summed E-state index contributed by atoms with van der Waals surface area (Å²) in [6.07, 6.45) is -1.48. The van der Waals surface area contributed by atoms with Gasteiger partial charge in [-0.2, -0.15) is 8.78 Å². The van der Waals surface area contributed by atoms with Crippen molar-refractivity contribution >= 4 is 23.4 Å². The molecule has 0 fully saturated rings. The molecule has 13 heteroatoms. The van der Waals surface area contributed by atoms with Crippen LogP contribution in [0.1, 0.15) is 40.7 Å². The number of methoxy groups -OCH3 is 2. The molecule has 2 aromatic carbocycles. The van der Waals surface area contributed by atoms with Crippen LogP contribution >= 0.6 is 11.6 Å². The molecule has 214 valence electrons. The van der Waals surface area contributed by atoms with E-state index in [2.05, 4.69) is 10.2 Å². The lowest BCUT2D eigenvalue weighted by Gasteiger charge is -2.21. The quantitative estimate of drug-likeness (QED) is 0.236. The van der Waals surface area contributed by atoms with Gasteiger partial charge in [-0.25, -0.2) is 4.79 Å². The molecule has 10 nitrogen and oxygen atoms in total. The summed E-state index contributed by atoms with van der Waals surface area (Å²) in [7, 11) is 2.84. The van der Waals surface area contributed by atoms with Crippen LogP contribution in [0.3, 0.4) is 0 Å². The Morgan fingerprint density at radius 2 is 1.78 bits per heavy atom. The predicted molar refractivity (Wildman–Crippen MR) is 144 cm³/mol. The number of carboxylic acid groups (broad SMARTS) is 1. The van der Waals surface area contributed by atoms with Gasteiger partial charge in [0.15, 0.2) is 5.78 Å². The highest BCUT2D eigenvalue weighted by molar-refractivity contribution is 6.31. The zero-order valence-electron chi connectivity index (χ0n) is 21.8. The molecule has 0 saturated carbocycles. The van der Waals surface area contributed by atoms with E-state index < -0.39 is 29.9 Å². The fraction of sp³-hybridized carbons (Fsp3) is 0.250. The van der Waals surface area contributed by atoms with E-state index in [-0.39, 0.29) is 58.6 Å². The molecule has 0 aliphatic heterocycles. The van der Waals surface area contributed by atoms with Crippen molar-refractivity contribution in [3.8, 4) is 28.3 Å². The molecular formula is C28H24ClF2N3O7. The Morgan fingerprint density at radius 3 is 2.39 bits per heavy atom. The number of aromatic carboxylic acids is 1. The summed E-state index contributed by atoms with van der Waals surface area (Å²) >= 11 is 6.23. The third-order valence-electron chi connectivity index (χ3n) is 6.28. The van der Waals surface area contributed by atoms with Gasteiger partial charge in [0.1, 0.15) is 5.75 Å². The fourth-order valence-electron chi connectivity index (χ4n) is 4.27. The maximum absolute atomic E-state index is 13.5. The third-order valence-corrected chi connectivity index (χ3v) is 6.51. The minimum Gasteiger partial charge on any atom is -0.495 e. The summed E-state index contributed by atoms with van der Waals surface area (Å²) in [6, 6.07) is 10.7. The Hall–Kier alpha value is -4.42. The second kappa shape index (κ2) is 12.8. The average Bonchev–Trinajstić information content (AvgIpc) is 3.44. The normalized spacial score (nSPS) is 12.0. The number of carbonyl (C=O) groups excluding carboxylic acids is 1. The zero-order chi connectivity index (χ0) is 29.7. The maximum atomic E-state index is 13.5. The number of benzene rings is 2. The summed E-state index contributed by atoms with van der Waals surface area (Å²) in [5.41, 5.74) is 0.902. The molecular weight excluding hydrogens is 564 g/mol. The largest absolute Gasteiger partial charge is 0.495 e. The van der Waals surface area contributed by atoms with Crippen molar-refractivity contribution in [3.05, 3.63) is 87.1 Å². The summed E-state index contributed by atoms with van der Waals surface area (Å²) < 4.78 is 43.2. The molecule has 0 aliphatic rings. The second-order valence-electron chi connectivity index (χ2n) is 8.88. The van der Waals surface area contributed by atoms with E-state index in [9.17, 15) is 23.2 Å². The second-order valence-corrected chi connectivity index (χ2v) is 9.32. The van der Waals surface area contributed by atoms with E-state index in [1.165, 1.54) is 61.4 Å². The van der Waals surface area contributed by atoms with Crippen LogP contribution in [0, 0.1) is 0 Å². The average molecular weight is 588 g/mol. The topological polar surface area (TPSA) is 134 Å². The number of aromatic nitrogens is 3. The highest BCUT2D eigenvalue weighted by Crippen LogP contribution is 2.38. The molecule has 2 heterocycles. The van der Waals surface area contributed by atoms with Crippen molar-refractivity contribution in [3.63, 3.8) is 0 Å². The van der Waals surface area contributed by atoms with Crippen molar-refractivity contribution in [2.75, 3.05) is 20.8 Å². The summed E-state index contributed by atoms with van der Waals surface area (Å²) in [5.74, 6) is -2.28. The molecule has 0 amide bonds. The molecule has 41 heavy (non-hydrogen) atoms. The fourth-order valence-corrected chi connectivity index (χ4v) is 4.44. The SMILES string of the molecule is COCCC(C(=O)Cc1ccc(C(=O)O)cc1)n1cc(OC)c(-c2cc(Cl)ccc2-c2nnc(C(F)F)o2)cc1=O. The molecule has 0 radical (unpaired) electrons. The van der Waals surface area contributed by atoms with Crippen LogP contribution in [0.2, 0.25) is 5.02 Å². The standard InChI is InChI=1S/C28H24ClF2N3O7/c1-39-10-9-21(22(35)11-15-3-5-16(6-4-15)28(37)38)34-14-23(40-2)20(13-24(34)36)19-12-17(29)7-8-18(19)26-32-33-27(41-26)25(30)31/h3-8,12-14,21,25H,9-11H2,1-2H3,(H,37,38). The number of rotatable bonds is 12. The van der Waals surface area contributed by atoms with E-state index >= 15 is 0 Å². The van der Waals surface area contributed by atoms with E-state index in [0.29, 0.717) is 11.1 Å². The minimum absolute atomic E-state index is 0.0626. The summed E-state index contributed by atoms with van der Waals surface area (Å²) in [6.45, 7) is 0.174. The molecule has 4 aromatic rings. The highest BCUT2D eigenvalue weighted by atomic mass is 35.5. The molecule has 0 saturated heterocycles. The van der Waals surface area contributed by atoms with Gasteiger partial charge in [0.05, 0.1) is 24.9 Å². The number of ketones is 1. The molecule has 0 bridgehead atoms. The maximum Gasteiger partial charge on any atom is 0.335 e. The molecule has 2 aromatic heterocycles. The van der Waals surface area contributed by atoms with Crippen LogP contribution in [0.25, 0.3) is 22.6 Å². The van der Waals surface area contributed by atoms with Gasteiger partial charge >= 0.3 is 12.4 Å². The first kappa shape index (κ1) is 29.6. The van der Waals surface area contributed by atoms with Crippen molar-refractivity contribution in [2.45, 2.75) is 25.3 Å². The predicted octanol–water partition coefficient (Wildman–Crippen LogP) is 5.25. The van der Waals surface area contributed by atoms with Crippen LogP contribution in [0.5, 0.6) is 5.75 Å². The lowest BCUT2D eigenvalue weighted by atomic mass is 9.98. The monoisotopic (exact) mass is 587 g/mol. The van der Waals surface area contributed by atoms with Gasteiger partial charge in [-0.1, -0.05) is 23.7 Å². The van der Waals surface area contributed by atoms with E-state index in [4.69, 9.17) is 30.6 Å². The Labute approximate surface area is 237 Å². The number of nitrogens with zero attached hydrogens (tertiary/aromatic N) is 3. The van der Waals surface area contributed by atoms with Gasteiger partial charge in [0.25, 0.3) is 11.4 Å². The van der Waals surface area contributed by atoms with Crippen LogP contribution in [-0.2, 0) is 16.0 Å². The Morgan fingerprint density at radius 1 is 1.05 bits per heavy atom. The number of halogens is 3. The highest BCUT2D eigenvalue weighted by Gasteiger charge is 2.25. The van der Waals surface area contributed by atoms with Gasteiger partial charge in [0, 0.05) is 42.4 Å². The summed E-state index contributed by atoms with van der Waals surface area (Å²) in [4.78, 5) is 38.0. The lowest BCUT2D eigenvalue weighted by molar-refractivity contribution is -0.122. The van der Waals surface area contributed by atoms with Crippen LogP contribution in [-0.4, -0.2) is 52.5 Å². The molecule has 0 spiro atoms. The third kappa shape index (κ3) is 6.67. The van der Waals surface area contributed by atoms with Gasteiger partial charge in [-0.3, -0.25) is 9.59 Å². The van der Waals surface area contributed by atoms with Gasteiger partial charge in [-0.05, 0) is 47.9 Å². The lowest BCUT2D eigenvalue weighted by Crippen LogP contribution is -2.31. The van der Waals surface area contributed by atoms with Crippen LogP contribution in [0.15, 0.2) is 63.9 Å². The molecule has 1 atom stereocenters. The van der Waals surface area contributed by atoms with E-state index in [1.54, 1.807) is 12.1 Å². The number of pyridine rings is 1.